The molecule has 2 saturated carbocycles. The van der Waals surface area contributed by atoms with Crippen LogP contribution in [0.15, 0.2) is 18.5 Å². The highest BCUT2D eigenvalue weighted by Crippen LogP contribution is 2.45. The number of aliphatic hydroxyl groups is 1. The Kier molecular flexibility index (Phi) is 5.92. The minimum absolute atomic E-state index is 0.00542. The van der Waals surface area contributed by atoms with E-state index in [2.05, 4.69) is 5.10 Å². The number of aliphatic hydroxyl groups excluding tert-OH is 1. The van der Waals surface area contributed by atoms with E-state index in [9.17, 15) is 18.3 Å². The third-order valence-corrected chi connectivity index (χ3v) is 7.78. The molecule has 6 unspecified atom stereocenters. The minimum Gasteiger partial charge on any atom is -0.391 e. The number of hydrogen-bond acceptors (Lipinski definition) is 6. The van der Waals surface area contributed by atoms with Gasteiger partial charge in [0.15, 0.2) is 0 Å². The molecular weight excluding hydrogens is 403 g/mol. The number of nitrogens with one attached hydrogen (secondary N) is 1. The maximum Gasteiger partial charge on any atom is 0.304 e. The lowest BCUT2D eigenvalue weighted by molar-refractivity contribution is -0.120. The average molecular weight is 431 g/mol. The van der Waals surface area contributed by atoms with Gasteiger partial charge in [-0.2, -0.15) is 17.8 Å². The largest absolute Gasteiger partial charge is 0.391 e. The van der Waals surface area contributed by atoms with E-state index >= 15 is 4.39 Å². The first kappa shape index (κ1) is 20.7. The molecule has 2 N–H and O–H groups in total. The number of fused-ring (bicyclic) bond motifs is 1. The zero-order chi connectivity index (χ0) is 20.6. The van der Waals surface area contributed by atoms with E-state index in [0.717, 1.165) is 30.1 Å². The van der Waals surface area contributed by atoms with Gasteiger partial charge in [0.05, 0.1) is 24.8 Å². The normalized spacial score (nSPS) is 37.2. The van der Waals surface area contributed by atoms with Crippen molar-refractivity contribution in [1.29, 1.82) is 0 Å². The van der Waals surface area contributed by atoms with Crippen LogP contribution in [0.4, 0.5) is 4.39 Å². The predicted octanol–water partition coefficient (Wildman–Crippen LogP) is 0.223. The SMILES string of the molecule is O=C1CN(C2C(O)CC3CCC(OCCCn4cccn4)CC3C2F)S(=O)(=O)N1. The molecule has 0 radical (unpaired) electrons. The number of rotatable bonds is 6. The van der Waals surface area contributed by atoms with Crippen LogP contribution in [0.1, 0.15) is 32.1 Å². The van der Waals surface area contributed by atoms with Gasteiger partial charge in [-0.05, 0) is 50.0 Å². The first-order chi connectivity index (χ1) is 13.8. The number of carbonyl (C=O) groups excluding carboxylic acids is 1. The number of carbonyl (C=O) groups is 1. The zero-order valence-corrected chi connectivity index (χ0v) is 16.9. The Morgan fingerprint density at radius 3 is 2.86 bits per heavy atom. The van der Waals surface area contributed by atoms with Crippen molar-refractivity contribution < 1.29 is 27.4 Å². The standard InChI is InChI=1S/C18H27FN4O5S/c19-17-14-10-13(28-8-2-7-22-6-1-5-20-22)4-3-12(14)9-15(24)18(17)23-11-16(25)21-29(23,26)27/h1,5-6,12-15,17-18,24H,2-4,7-11H2,(H,21,25). The fraction of sp³-hybridized carbons (Fsp3) is 0.778. The van der Waals surface area contributed by atoms with Crippen LogP contribution in [0.25, 0.3) is 0 Å². The Morgan fingerprint density at radius 2 is 2.17 bits per heavy atom. The van der Waals surface area contributed by atoms with Crippen molar-refractivity contribution in [2.45, 2.75) is 63.1 Å². The van der Waals surface area contributed by atoms with Gasteiger partial charge in [-0.1, -0.05) is 0 Å². The van der Waals surface area contributed by atoms with Crippen molar-refractivity contribution in [3.05, 3.63) is 18.5 Å². The van der Waals surface area contributed by atoms with E-state index in [-0.39, 0.29) is 17.9 Å². The number of alkyl halides is 1. The lowest BCUT2D eigenvalue weighted by Crippen LogP contribution is -2.59. The van der Waals surface area contributed by atoms with E-state index in [1.807, 2.05) is 21.7 Å². The van der Waals surface area contributed by atoms with E-state index in [1.165, 1.54) is 0 Å². The van der Waals surface area contributed by atoms with Crippen molar-refractivity contribution in [3.63, 3.8) is 0 Å². The van der Waals surface area contributed by atoms with Crippen molar-refractivity contribution in [1.82, 2.24) is 18.8 Å². The number of ether oxygens (including phenoxy) is 1. The molecule has 0 spiro atoms. The third-order valence-electron chi connectivity index (χ3n) is 6.30. The molecule has 2 aliphatic carbocycles. The van der Waals surface area contributed by atoms with Gasteiger partial charge in [0.1, 0.15) is 6.17 Å². The summed E-state index contributed by atoms with van der Waals surface area (Å²) in [4.78, 5) is 11.5. The lowest BCUT2D eigenvalue weighted by atomic mass is 9.66. The number of hydrogen-bond donors (Lipinski definition) is 2. The monoisotopic (exact) mass is 430 g/mol. The molecule has 1 aromatic rings. The number of amides is 1. The van der Waals surface area contributed by atoms with Crippen molar-refractivity contribution >= 4 is 16.1 Å². The molecule has 9 nitrogen and oxygen atoms in total. The van der Waals surface area contributed by atoms with Gasteiger partial charge >= 0.3 is 10.2 Å². The molecule has 1 amide bonds. The van der Waals surface area contributed by atoms with Crippen LogP contribution in [0.3, 0.4) is 0 Å². The van der Waals surface area contributed by atoms with Crippen LogP contribution in [0, 0.1) is 11.8 Å². The van der Waals surface area contributed by atoms with Gasteiger partial charge in [0.2, 0.25) is 5.91 Å². The highest BCUT2D eigenvalue weighted by atomic mass is 32.2. The van der Waals surface area contributed by atoms with E-state index in [4.69, 9.17) is 4.74 Å². The van der Waals surface area contributed by atoms with Crippen molar-refractivity contribution in [2.24, 2.45) is 11.8 Å². The lowest BCUT2D eigenvalue weighted by Gasteiger charge is -2.47. The predicted molar refractivity (Wildman–Crippen MR) is 100 cm³/mol. The van der Waals surface area contributed by atoms with E-state index in [1.54, 1.807) is 6.20 Å². The zero-order valence-electron chi connectivity index (χ0n) is 16.1. The number of aryl methyl sites for hydroxylation is 1. The summed E-state index contributed by atoms with van der Waals surface area (Å²) in [6.45, 7) is 0.846. The molecule has 0 aromatic carbocycles. The maximum absolute atomic E-state index is 15.4. The molecule has 0 bridgehead atoms. The van der Waals surface area contributed by atoms with E-state index < -0.39 is 41.0 Å². The van der Waals surface area contributed by atoms with Crippen molar-refractivity contribution in [2.75, 3.05) is 13.2 Å². The van der Waals surface area contributed by atoms with Gasteiger partial charge in [0, 0.05) is 25.5 Å². The second-order valence-corrected chi connectivity index (χ2v) is 9.79. The second-order valence-electron chi connectivity index (χ2n) is 8.17. The molecular formula is C18H27FN4O5S. The molecule has 1 aromatic heterocycles. The minimum atomic E-state index is -4.10. The summed E-state index contributed by atoms with van der Waals surface area (Å²) in [6.07, 6.45) is 4.03. The van der Waals surface area contributed by atoms with Crippen LogP contribution < -0.4 is 4.72 Å². The maximum atomic E-state index is 15.4. The van der Waals surface area contributed by atoms with Gasteiger partial charge in [-0.25, -0.2) is 9.11 Å². The molecule has 162 valence electrons. The van der Waals surface area contributed by atoms with Gasteiger partial charge in [-0.15, -0.1) is 0 Å². The summed E-state index contributed by atoms with van der Waals surface area (Å²) in [6, 6.07) is 0.625. The molecule has 29 heavy (non-hydrogen) atoms. The second kappa shape index (κ2) is 8.29. The van der Waals surface area contributed by atoms with Crippen LogP contribution >= 0.6 is 0 Å². The number of nitrogens with zero attached hydrogens (tertiary/aromatic N) is 3. The fourth-order valence-electron chi connectivity index (χ4n) is 4.96. The summed E-state index contributed by atoms with van der Waals surface area (Å²) in [7, 11) is -4.10. The first-order valence-corrected chi connectivity index (χ1v) is 11.5. The summed E-state index contributed by atoms with van der Waals surface area (Å²) in [5, 5.41) is 14.6. The van der Waals surface area contributed by atoms with Gasteiger partial charge < -0.3 is 9.84 Å². The Morgan fingerprint density at radius 1 is 1.34 bits per heavy atom. The summed E-state index contributed by atoms with van der Waals surface area (Å²) in [5.41, 5.74) is 0. The van der Waals surface area contributed by atoms with Gasteiger partial charge in [-0.3, -0.25) is 9.48 Å². The third kappa shape index (κ3) is 4.32. The Hall–Kier alpha value is -1.56. The molecule has 11 heteroatoms. The molecule has 1 saturated heterocycles. The van der Waals surface area contributed by atoms with Crippen LogP contribution in [-0.4, -0.2) is 71.1 Å². The Bertz CT molecular complexity index is 820. The smallest absolute Gasteiger partial charge is 0.304 e. The summed E-state index contributed by atoms with van der Waals surface area (Å²) < 4.78 is 50.1. The van der Waals surface area contributed by atoms with Crippen LogP contribution in [-0.2, 0) is 26.3 Å². The summed E-state index contributed by atoms with van der Waals surface area (Å²) in [5.74, 6) is -1.10. The van der Waals surface area contributed by atoms with E-state index in [0.29, 0.717) is 19.4 Å². The average Bonchev–Trinajstić information content (AvgIpc) is 3.26. The molecule has 6 atom stereocenters. The number of halogens is 1. The fourth-order valence-corrected chi connectivity index (χ4v) is 6.30. The molecule has 3 aliphatic rings. The topological polar surface area (TPSA) is 114 Å². The molecule has 3 fully saturated rings. The summed E-state index contributed by atoms with van der Waals surface area (Å²) >= 11 is 0. The molecule has 4 rings (SSSR count). The van der Waals surface area contributed by atoms with Crippen LogP contribution in [0.2, 0.25) is 0 Å². The Labute approximate surface area is 169 Å². The quantitative estimate of drug-likeness (QED) is 0.625. The highest BCUT2D eigenvalue weighted by Gasteiger charge is 2.53. The number of aromatic nitrogens is 2. The Balaban J connectivity index is 1.35. The highest BCUT2D eigenvalue weighted by molar-refractivity contribution is 7.88. The van der Waals surface area contributed by atoms with Gasteiger partial charge in [0.25, 0.3) is 0 Å². The van der Waals surface area contributed by atoms with Crippen LogP contribution in [0.5, 0.6) is 0 Å². The first-order valence-electron chi connectivity index (χ1n) is 10.1. The molecule has 2 heterocycles. The molecule has 1 aliphatic heterocycles. The van der Waals surface area contributed by atoms with Crippen molar-refractivity contribution in [3.8, 4) is 0 Å².